The van der Waals surface area contributed by atoms with Crippen molar-refractivity contribution >= 4 is 34.5 Å². The van der Waals surface area contributed by atoms with Gasteiger partial charge in [-0.1, -0.05) is 65.7 Å². The van der Waals surface area contributed by atoms with Crippen molar-refractivity contribution in [2.75, 3.05) is 18.0 Å². The standard InChI is InChI=1S/C28H29ClN4O/c1-20-5-4-6-22(17-20)19-33-26-8-3-2-7-25(26)31-28(33)32-15-13-23(14-16-32)27(34)30-18-21-9-11-24(29)12-10-21/h2-12,17,23H,13-16,18-19H2,1H3,(H,30,34). The number of carbonyl (C=O) groups excluding carboxylic acids is 1. The molecule has 1 N–H and O–H groups in total. The van der Waals surface area contributed by atoms with Crippen molar-refractivity contribution in [2.24, 2.45) is 5.92 Å². The molecule has 1 aliphatic heterocycles. The van der Waals surface area contributed by atoms with Gasteiger partial charge in [0.2, 0.25) is 11.9 Å². The van der Waals surface area contributed by atoms with Gasteiger partial charge in [0, 0.05) is 30.6 Å². The van der Waals surface area contributed by atoms with Crippen molar-refractivity contribution in [2.45, 2.75) is 32.9 Å². The van der Waals surface area contributed by atoms with Crippen LogP contribution in [0, 0.1) is 12.8 Å². The minimum Gasteiger partial charge on any atom is -0.352 e. The molecule has 0 bridgehead atoms. The number of carbonyl (C=O) groups is 1. The zero-order valence-electron chi connectivity index (χ0n) is 19.4. The Morgan fingerprint density at radius 1 is 1.00 bits per heavy atom. The largest absolute Gasteiger partial charge is 0.352 e. The zero-order valence-corrected chi connectivity index (χ0v) is 20.1. The summed E-state index contributed by atoms with van der Waals surface area (Å²) in [5, 5.41) is 3.80. The van der Waals surface area contributed by atoms with Gasteiger partial charge in [0.1, 0.15) is 0 Å². The maximum Gasteiger partial charge on any atom is 0.223 e. The molecule has 34 heavy (non-hydrogen) atoms. The number of aryl methyl sites for hydroxylation is 1. The molecule has 0 aliphatic carbocycles. The molecule has 0 saturated carbocycles. The summed E-state index contributed by atoms with van der Waals surface area (Å²) in [6.07, 6.45) is 1.64. The molecule has 0 spiro atoms. The molecule has 174 valence electrons. The SMILES string of the molecule is Cc1cccc(Cn2c(N3CCC(C(=O)NCc4ccc(Cl)cc4)CC3)nc3ccccc32)c1. The Labute approximate surface area is 205 Å². The summed E-state index contributed by atoms with van der Waals surface area (Å²) >= 11 is 5.95. The first-order valence-electron chi connectivity index (χ1n) is 11.8. The lowest BCUT2D eigenvalue weighted by atomic mass is 9.96. The molecular weight excluding hydrogens is 444 g/mol. The number of nitrogens with one attached hydrogen (secondary N) is 1. The minimum atomic E-state index is 0.0261. The maximum absolute atomic E-state index is 12.8. The fourth-order valence-corrected chi connectivity index (χ4v) is 4.86. The van der Waals surface area contributed by atoms with Gasteiger partial charge < -0.3 is 14.8 Å². The summed E-state index contributed by atoms with van der Waals surface area (Å²) in [7, 11) is 0. The van der Waals surface area contributed by atoms with Crippen LogP contribution in [0.5, 0.6) is 0 Å². The van der Waals surface area contributed by atoms with Crippen LogP contribution in [0.15, 0.2) is 72.8 Å². The molecule has 0 unspecified atom stereocenters. The van der Waals surface area contributed by atoms with Gasteiger partial charge in [-0.05, 0) is 55.2 Å². The molecule has 2 heterocycles. The molecule has 0 radical (unpaired) electrons. The molecule has 3 aromatic carbocycles. The molecule has 0 atom stereocenters. The van der Waals surface area contributed by atoms with E-state index in [2.05, 4.69) is 64.2 Å². The van der Waals surface area contributed by atoms with Crippen molar-refractivity contribution in [3.05, 3.63) is 94.5 Å². The Morgan fingerprint density at radius 3 is 2.53 bits per heavy atom. The van der Waals surface area contributed by atoms with Crippen molar-refractivity contribution in [3.63, 3.8) is 0 Å². The molecule has 4 aromatic rings. The molecule has 6 heteroatoms. The second kappa shape index (κ2) is 9.90. The first-order chi connectivity index (χ1) is 16.6. The van der Waals surface area contributed by atoms with Crippen LogP contribution in [0.4, 0.5) is 5.95 Å². The molecular formula is C28H29ClN4O. The molecule has 1 aliphatic rings. The van der Waals surface area contributed by atoms with Gasteiger partial charge in [0.15, 0.2) is 0 Å². The van der Waals surface area contributed by atoms with E-state index in [1.807, 2.05) is 30.3 Å². The van der Waals surface area contributed by atoms with Crippen LogP contribution in [0.25, 0.3) is 11.0 Å². The fourth-order valence-electron chi connectivity index (χ4n) is 4.73. The van der Waals surface area contributed by atoms with Crippen LogP contribution >= 0.6 is 11.6 Å². The topological polar surface area (TPSA) is 50.2 Å². The average molecular weight is 473 g/mol. The lowest BCUT2D eigenvalue weighted by Crippen LogP contribution is -2.41. The van der Waals surface area contributed by atoms with Crippen molar-refractivity contribution in [1.29, 1.82) is 0 Å². The van der Waals surface area contributed by atoms with E-state index in [4.69, 9.17) is 16.6 Å². The highest BCUT2D eigenvalue weighted by Gasteiger charge is 2.27. The quantitative estimate of drug-likeness (QED) is 0.398. The highest BCUT2D eigenvalue weighted by Crippen LogP contribution is 2.28. The van der Waals surface area contributed by atoms with E-state index in [0.717, 1.165) is 55.0 Å². The van der Waals surface area contributed by atoms with Crippen LogP contribution in [-0.2, 0) is 17.9 Å². The van der Waals surface area contributed by atoms with Gasteiger partial charge in [-0.15, -0.1) is 0 Å². The maximum atomic E-state index is 12.8. The summed E-state index contributed by atoms with van der Waals surface area (Å²) in [6.45, 7) is 5.06. The third-order valence-electron chi connectivity index (χ3n) is 6.59. The monoisotopic (exact) mass is 472 g/mol. The minimum absolute atomic E-state index is 0.0261. The third-order valence-corrected chi connectivity index (χ3v) is 6.84. The smallest absolute Gasteiger partial charge is 0.223 e. The molecule has 5 rings (SSSR count). The molecule has 1 fully saturated rings. The number of amides is 1. The number of imidazole rings is 1. The number of aromatic nitrogens is 2. The second-order valence-electron chi connectivity index (χ2n) is 9.08. The van der Waals surface area contributed by atoms with Gasteiger partial charge in [0.05, 0.1) is 17.6 Å². The van der Waals surface area contributed by atoms with Gasteiger partial charge in [0.25, 0.3) is 0 Å². The number of halogens is 1. The molecule has 5 nitrogen and oxygen atoms in total. The fraction of sp³-hybridized carbons (Fsp3) is 0.286. The van der Waals surface area contributed by atoms with Gasteiger partial charge in [-0.3, -0.25) is 4.79 Å². The van der Waals surface area contributed by atoms with E-state index in [1.54, 1.807) is 0 Å². The highest BCUT2D eigenvalue weighted by molar-refractivity contribution is 6.30. The lowest BCUT2D eigenvalue weighted by molar-refractivity contribution is -0.125. The predicted molar refractivity (Wildman–Crippen MR) is 138 cm³/mol. The van der Waals surface area contributed by atoms with Crippen molar-refractivity contribution < 1.29 is 4.79 Å². The Morgan fingerprint density at radius 2 is 1.76 bits per heavy atom. The number of benzene rings is 3. The van der Waals surface area contributed by atoms with Crippen LogP contribution in [0.3, 0.4) is 0 Å². The van der Waals surface area contributed by atoms with Crippen molar-refractivity contribution in [1.82, 2.24) is 14.9 Å². The van der Waals surface area contributed by atoms with Gasteiger partial charge in [-0.25, -0.2) is 4.98 Å². The summed E-state index contributed by atoms with van der Waals surface area (Å²) < 4.78 is 2.31. The van der Waals surface area contributed by atoms with E-state index >= 15 is 0 Å². The molecule has 1 amide bonds. The van der Waals surface area contributed by atoms with Crippen LogP contribution in [0.1, 0.15) is 29.5 Å². The Kier molecular flexibility index (Phi) is 6.54. The molecule has 1 saturated heterocycles. The number of hydrogen-bond donors (Lipinski definition) is 1. The number of fused-ring (bicyclic) bond motifs is 1. The predicted octanol–water partition coefficient (Wildman–Crippen LogP) is 5.58. The van der Waals surface area contributed by atoms with E-state index in [1.165, 1.54) is 11.1 Å². The summed E-state index contributed by atoms with van der Waals surface area (Å²) in [4.78, 5) is 20.1. The Hall–Kier alpha value is -3.31. The van der Waals surface area contributed by atoms with E-state index in [0.29, 0.717) is 11.6 Å². The summed E-state index contributed by atoms with van der Waals surface area (Å²) in [6, 6.07) is 24.5. The highest BCUT2D eigenvalue weighted by atomic mass is 35.5. The third kappa shape index (κ3) is 4.95. The number of hydrogen-bond acceptors (Lipinski definition) is 3. The zero-order chi connectivity index (χ0) is 23.5. The van der Waals surface area contributed by atoms with E-state index < -0.39 is 0 Å². The first kappa shape index (κ1) is 22.5. The summed E-state index contributed by atoms with van der Waals surface area (Å²) in [5.41, 5.74) is 5.73. The van der Waals surface area contributed by atoms with E-state index in [9.17, 15) is 4.79 Å². The summed E-state index contributed by atoms with van der Waals surface area (Å²) in [5.74, 6) is 1.14. The Bertz CT molecular complexity index is 1290. The lowest BCUT2D eigenvalue weighted by Gasteiger charge is -2.32. The number of anilines is 1. The van der Waals surface area contributed by atoms with Gasteiger partial charge >= 0.3 is 0 Å². The second-order valence-corrected chi connectivity index (χ2v) is 9.52. The Balaban J connectivity index is 1.28. The van der Waals surface area contributed by atoms with Crippen molar-refractivity contribution in [3.8, 4) is 0 Å². The van der Waals surface area contributed by atoms with Crippen LogP contribution in [0.2, 0.25) is 5.02 Å². The first-order valence-corrected chi connectivity index (χ1v) is 12.2. The number of para-hydroxylation sites is 2. The average Bonchev–Trinajstić information content (AvgIpc) is 3.22. The number of nitrogens with zero attached hydrogens (tertiary/aromatic N) is 3. The van der Waals surface area contributed by atoms with Gasteiger partial charge in [-0.2, -0.15) is 0 Å². The van der Waals surface area contributed by atoms with E-state index in [-0.39, 0.29) is 11.8 Å². The number of piperidine rings is 1. The van der Waals surface area contributed by atoms with Crippen LogP contribution in [-0.4, -0.2) is 28.5 Å². The molecule has 1 aromatic heterocycles. The normalized spacial score (nSPS) is 14.5. The number of rotatable bonds is 6. The van der Waals surface area contributed by atoms with Crippen LogP contribution < -0.4 is 10.2 Å².